The van der Waals surface area contributed by atoms with E-state index in [1.165, 1.54) is 18.2 Å². The van der Waals surface area contributed by atoms with E-state index in [4.69, 9.17) is 5.84 Å². The Balaban J connectivity index is 2.30. The predicted molar refractivity (Wildman–Crippen MR) is 79.8 cm³/mol. The molecule has 0 saturated carbocycles. The Hall–Kier alpha value is -2.15. The first-order valence-corrected chi connectivity index (χ1v) is 7.11. The number of piperidine rings is 1. The van der Waals surface area contributed by atoms with Crippen molar-refractivity contribution in [3.63, 3.8) is 0 Å². The SMILES string of the molecule is CCC1CCCN(C(=O)c2cc(NN)ccc2[N+](=O)[O-])C1. The van der Waals surface area contributed by atoms with Gasteiger partial charge in [-0.3, -0.25) is 20.8 Å². The van der Waals surface area contributed by atoms with E-state index in [2.05, 4.69) is 12.3 Å². The van der Waals surface area contributed by atoms with Crippen molar-refractivity contribution >= 4 is 17.3 Å². The van der Waals surface area contributed by atoms with Gasteiger partial charge in [-0.1, -0.05) is 13.3 Å². The number of nitrogens with one attached hydrogen (secondary N) is 1. The van der Waals surface area contributed by atoms with Crippen molar-refractivity contribution in [2.45, 2.75) is 26.2 Å². The number of nitro benzene ring substituents is 1. The lowest BCUT2D eigenvalue weighted by Gasteiger charge is -2.32. The lowest BCUT2D eigenvalue weighted by molar-refractivity contribution is -0.385. The first-order valence-electron chi connectivity index (χ1n) is 7.11. The fraction of sp³-hybridized carbons (Fsp3) is 0.500. The molecule has 1 heterocycles. The third-order valence-corrected chi connectivity index (χ3v) is 3.97. The van der Waals surface area contributed by atoms with Crippen molar-refractivity contribution < 1.29 is 9.72 Å². The molecule has 7 nitrogen and oxygen atoms in total. The molecule has 0 radical (unpaired) electrons. The number of carbonyl (C=O) groups is 1. The number of rotatable bonds is 4. The van der Waals surface area contributed by atoms with Gasteiger partial charge in [0.1, 0.15) is 5.56 Å². The highest BCUT2D eigenvalue weighted by atomic mass is 16.6. The quantitative estimate of drug-likeness (QED) is 0.503. The van der Waals surface area contributed by atoms with Gasteiger partial charge in [0.2, 0.25) is 0 Å². The normalized spacial score (nSPS) is 18.4. The number of carbonyl (C=O) groups excluding carboxylic acids is 1. The number of benzene rings is 1. The minimum Gasteiger partial charge on any atom is -0.338 e. The zero-order valence-electron chi connectivity index (χ0n) is 12.0. The Morgan fingerprint density at radius 1 is 1.57 bits per heavy atom. The number of nitro groups is 1. The Morgan fingerprint density at radius 2 is 2.33 bits per heavy atom. The van der Waals surface area contributed by atoms with E-state index in [1.54, 1.807) is 4.90 Å². The van der Waals surface area contributed by atoms with Crippen LogP contribution in [0, 0.1) is 16.0 Å². The van der Waals surface area contributed by atoms with Crippen LogP contribution in [-0.2, 0) is 0 Å². The van der Waals surface area contributed by atoms with Crippen molar-refractivity contribution in [1.29, 1.82) is 0 Å². The molecule has 21 heavy (non-hydrogen) atoms. The number of nitrogens with two attached hydrogens (primary N) is 1. The first-order chi connectivity index (χ1) is 10.1. The summed E-state index contributed by atoms with van der Waals surface area (Å²) in [5.74, 6) is 5.50. The van der Waals surface area contributed by atoms with E-state index < -0.39 is 4.92 Å². The number of anilines is 1. The van der Waals surface area contributed by atoms with Crippen molar-refractivity contribution in [1.82, 2.24) is 4.90 Å². The summed E-state index contributed by atoms with van der Waals surface area (Å²) in [5, 5.41) is 11.1. The van der Waals surface area contributed by atoms with Gasteiger partial charge < -0.3 is 10.3 Å². The van der Waals surface area contributed by atoms with Gasteiger partial charge in [-0.2, -0.15) is 0 Å². The molecule has 1 amide bonds. The van der Waals surface area contributed by atoms with Crippen molar-refractivity contribution in [2.24, 2.45) is 11.8 Å². The Bertz CT molecular complexity index is 547. The molecule has 1 fully saturated rings. The summed E-state index contributed by atoms with van der Waals surface area (Å²) in [6, 6.07) is 4.24. The highest BCUT2D eigenvalue weighted by Crippen LogP contribution is 2.26. The second-order valence-electron chi connectivity index (χ2n) is 5.30. The second-order valence-corrected chi connectivity index (χ2v) is 5.30. The Morgan fingerprint density at radius 3 is 2.95 bits per heavy atom. The molecular weight excluding hydrogens is 272 g/mol. The zero-order chi connectivity index (χ0) is 15.4. The lowest BCUT2D eigenvalue weighted by atomic mass is 9.95. The van der Waals surface area contributed by atoms with Crippen LogP contribution < -0.4 is 11.3 Å². The number of likely N-dealkylation sites (tertiary alicyclic amines) is 1. The highest BCUT2D eigenvalue weighted by Gasteiger charge is 2.28. The molecule has 1 saturated heterocycles. The maximum absolute atomic E-state index is 12.6. The summed E-state index contributed by atoms with van der Waals surface area (Å²) in [6.45, 7) is 3.40. The molecule has 1 unspecified atom stereocenters. The van der Waals surface area contributed by atoms with E-state index in [0.717, 1.165) is 19.3 Å². The fourth-order valence-electron chi connectivity index (χ4n) is 2.71. The van der Waals surface area contributed by atoms with E-state index in [1.807, 2.05) is 0 Å². The van der Waals surface area contributed by atoms with Crippen molar-refractivity contribution in [3.05, 3.63) is 33.9 Å². The van der Waals surface area contributed by atoms with Gasteiger partial charge in [0.05, 0.1) is 4.92 Å². The molecule has 0 aliphatic carbocycles. The van der Waals surface area contributed by atoms with Crippen molar-refractivity contribution in [3.8, 4) is 0 Å². The third-order valence-electron chi connectivity index (χ3n) is 3.97. The molecule has 1 aliphatic heterocycles. The molecule has 2 rings (SSSR count). The number of nitrogens with zero attached hydrogens (tertiary/aromatic N) is 2. The molecule has 7 heteroatoms. The number of amides is 1. The first kappa shape index (κ1) is 15.2. The van der Waals surface area contributed by atoms with Gasteiger partial charge in [0, 0.05) is 24.8 Å². The number of hydrogen-bond donors (Lipinski definition) is 2. The molecule has 0 spiro atoms. The smallest absolute Gasteiger partial charge is 0.282 e. The maximum Gasteiger partial charge on any atom is 0.282 e. The fourth-order valence-corrected chi connectivity index (χ4v) is 2.71. The minimum atomic E-state index is -0.533. The molecule has 1 aromatic carbocycles. The highest BCUT2D eigenvalue weighted by molar-refractivity contribution is 5.99. The van der Waals surface area contributed by atoms with Gasteiger partial charge in [-0.25, -0.2) is 0 Å². The van der Waals surface area contributed by atoms with E-state index in [0.29, 0.717) is 24.7 Å². The predicted octanol–water partition coefficient (Wildman–Crippen LogP) is 2.14. The van der Waals surface area contributed by atoms with E-state index in [-0.39, 0.29) is 17.2 Å². The molecule has 0 bridgehead atoms. The van der Waals surface area contributed by atoms with Gasteiger partial charge >= 0.3 is 0 Å². The van der Waals surface area contributed by atoms with Crippen LogP contribution in [0.25, 0.3) is 0 Å². The van der Waals surface area contributed by atoms with Crippen molar-refractivity contribution in [2.75, 3.05) is 18.5 Å². The standard InChI is InChI=1S/C14H20N4O3/c1-2-10-4-3-7-17(9-10)14(19)12-8-11(16-15)5-6-13(12)18(20)21/h5-6,8,10,16H,2-4,7,9,15H2,1H3. The van der Waals surface area contributed by atoms with Crippen LogP contribution in [0.15, 0.2) is 18.2 Å². The summed E-state index contributed by atoms with van der Waals surface area (Å²) in [7, 11) is 0. The van der Waals surface area contributed by atoms with Crippen LogP contribution in [-0.4, -0.2) is 28.8 Å². The average Bonchev–Trinajstić information content (AvgIpc) is 2.53. The van der Waals surface area contributed by atoms with Crippen LogP contribution in [0.2, 0.25) is 0 Å². The zero-order valence-corrected chi connectivity index (χ0v) is 12.0. The molecule has 0 aromatic heterocycles. The van der Waals surface area contributed by atoms with Crippen LogP contribution in [0.3, 0.4) is 0 Å². The average molecular weight is 292 g/mol. The third kappa shape index (κ3) is 3.30. The number of hydrazine groups is 1. The van der Waals surface area contributed by atoms with Gasteiger partial charge in [0.15, 0.2) is 0 Å². The molecule has 1 atom stereocenters. The van der Waals surface area contributed by atoms with Crippen LogP contribution in [0.4, 0.5) is 11.4 Å². The van der Waals surface area contributed by atoms with Gasteiger partial charge in [0.25, 0.3) is 11.6 Å². The minimum absolute atomic E-state index is 0.0900. The Labute approximate surface area is 123 Å². The van der Waals surface area contributed by atoms with E-state index in [9.17, 15) is 14.9 Å². The summed E-state index contributed by atoms with van der Waals surface area (Å²) < 4.78 is 0. The summed E-state index contributed by atoms with van der Waals surface area (Å²) in [4.78, 5) is 24.9. The molecule has 3 N–H and O–H groups in total. The second kappa shape index (κ2) is 6.53. The molecule has 1 aliphatic rings. The Kier molecular flexibility index (Phi) is 4.74. The van der Waals surface area contributed by atoms with Gasteiger partial charge in [-0.15, -0.1) is 0 Å². The summed E-state index contributed by atoms with van der Waals surface area (Å²) >= 11 is 0. The maximum atomic E-state index is 12.6. The van der Waals surface area contributed by atoms with Crippen LogP contribution in [0.1, 0.15) is 36.5 Å². The summed E-state index contributed by atoms with van der Waals surface area (Å²) in [6.07, 6.45) is 3.05. The summed E-state index contributed by atoms with van der Waals surface area (Å²) in [5.41, 5.74) is 2.80. The largest absolute Gasteiger partial charge is 0.338 e. The number of nitrogen functional groups attached to an aromatic ring is 1. The van der Waals surface area contributed by atoms with Crippen LogP contribution >= 0.6 is 0 Å². The van der Waals surface area contributed by atoms with Crippen LogP contribution in [0.5, 0.6) is 0 Å². The number of hydrogen-bond acceptors (Lipinski definition) is 5. The monoisotopic (exact) mass is 292 g/mol. The lowest BCUT2D eigenvalue weighted by Crippen LogP contribution is -2.40. The molecule has 114 valence electrons. The topological polar surface area (TPSA) is 102 Å². The van der Waals surface area contributed by atoms with E-state index >= 15 is 0 Å². The molecular formula is C14H20N4O3. The molecule has 1 aromatic rings. The van der Waals surface area contributed by atoms with Gasteiger partial charge in [-0.05, 0) is 30.9 Å².